The van der Waals surface area contributed by atoms with Crippen LogP contribution in [0, 0.1) is 6.92 Å². The van der Waals surface area contributed by atoms with Crippen molar-refractivity contribution in [2.75, 3.05) is 26.2 Å². The Hall–Kier alpha value is -2.80. The van der Waals surface area contributed by atoms with Gasteiger partial charge in [-0.3, -0.25) is 4.99 Å². The van der Waals surface area contributed by atoms with Gasteiger partial charge in [0, 0.05) is 32.8 Å². The number of ether oxygens (including phenoxy) is 1. The van der Waals surface area contributed by atoms with Crippen LogP contribution in [0.3, 0.4) is 0 Å². The van der Waals surface area contributed by atoms with Gasteiger partial charge in [-0.15, -0.1) is 0 Å². The zero-order valence-electron chi connectivity index (χ0n) is 16.6. The van der Waals surface area contributed by atoms with Crippen LogP contribution in [-0.2, 0) is 17.9 Å². The quantitative estimate of drug-likeness (QED) is 0.320. The summed E-state index contributed by atoms with van der Waals surface area (Å²) in [4.78, 5) is 9.23. The van der Waals surface area contributed by atoms with Crippen LogP contribution in [0.25, 0.3) is 11.0 Å². The number of nitrogens with zero attached hydrogens (tertiary/aromatic N) is 3. The molecule has 2 N–H and O–H groups in total. The standard InChI is InChI=1S/C21H29N5O2/c1-3-22-21(23-11-7-14-27-16-18-8-6-15-28-18)24-12-13-26-17(2)25-19-9-4-5-10-20(19)26/h4-6,8-10,15H,3,7,11-14,16H2,1-2H3,(H2,22,23,24). The van der Waals surface area contributed by atoms with Gasteiger partial charge in [0.1, 0.15) is 18.2 Å². The molecule has 2 heterocycles. The monoisotopic (exact) mass is 383 g/mol. The number of furan rings is 1. The first kappa shape index (κ1) is 19.9. The summed E-state index contributed by atoms with van der Waals surface area (Å²) in [6.07, 6.45) is 2.52. The van der Waals surface area contributed by atoms with E-state index in [2.05, 4.69) is 38.2 Å². The Bertz CT molecular complexity index is 870. The number of aromatic nitrogens is 2. The molecule has 0 atom stereocenters. The summed E-state index contributed by atoms with van der Waals surface area (Å²) in [7, 11) is 0. The molecular weight excluding hydrogens is 354 g/mol. The van der Waals surface area contributed by atoms with E-state index in [-0.39, 0.29) is 0 Å². The fourth-order valence-corrected chi connectivity index (χ4v) is 3.03. The van der Waals surface area contributed by atoms with E-state index in [1.54, 1.807) is 6.26 Å². The summed E-state index contributed by atoms with van der Waals surface area (Å²) < 4.78 is 13.1. The third kappa shape index (κ3) is 5.60. The van der Waals surface area contributed by atoms with Crippen molar-refractivity contribution in [2.45, 2.75) is 33.4 Å². The van der Waals surface area contributed by atoms with Crippen LogP contribution in [0.15, 0.2) is 52.1 Å². The molecule has 0 unspecified atom stereocenters. The molecule has 0 bridgehead atoms. The fraction of sp³-hybridized carbons (Fsp3) is 0.429. The minimum absolute atomic E-state index is 0.507. The lowest BCUT2D eigenvalue weighted by molar-refractivity contribution is 0.105. The number of aryl methyl sites for hydroxylation is 1. The van der Waals surface area contributed by atoms with E-state index in [0.717, 1.165) is 54.6 Å². The number of imidazole rings is 1. The van der Waals surface area contributed by atoms with E-state index in [9.17, 15) is 0 Å². The molecule has 0 aliphatic heterocycles. The van der Waals surface area contributed by atoms with E-state index >= 15 is 0 Å². The van der Waals surface area contributed by atoms with Crippen molar-refractivity contribution in [1.82, 2.24) is 20.2 Å². The maximum atomic E-state index is 5.59. The van der Waals surface area contributed by atoms with E-state index in [0.29, 0.717) is 19.8 Å². The second-order valence-electron chi connectivity index (χ2n) is 6.47. The molecule has 7 nitrogen and oxygen atoms in total. The topological polar surface area (TPSA) is 76.6 Å². The molecule has 0 amide bonds. The molecule has 2 aromatic heterocycles. The maximum absolute atomic E-state index is 5.59. The SMILES string of the molecule is CCNC(=NCCCOCc1ccco1)NCCn1c(C)nc2ccccc21. The van der Waals surface area contributed by atoms with Crippen molar-refractivity contribution in [3.8, 4) is 0 Å². The third-order valence-corrected chi connectivity index (χ3v) is 4.36. The fourth-order valence-electron chi connectivity index (χ4n) is 3.03. The molecule has 0 saturated carbocycles. The predicted molar refractivity (Wildman–Crippen MR) is 111 cm³/mol. The number of para-hydroxylation sites is 2. The smallest absolute Gasteiger partial charge is 0.191 e. The van der Waals surface area contributed by atoms with E-state index in [1.807, 2.05) is 37.3 Å². The van der Waals surface area contributed by atoms with Gasteiger partial charge in [-0.25, -0.2) is 4.98 Å². The zero-order valence-corrected chi connectivity index (χ0v) is 16.6. The van der Waals surface area contributed by atoms with Crippen LogP contribution in [-0.4, -0.2) is 41.8 Å². The number of fused-ring (bicyclic) bond motifs is 1. The molecule has 3 aromatic rings. The number of benzene rings is 1. The highest BCUT2D eigenvalue weighted by Crippen LogP contribution is 2.14. The number of guanidine groups is 1. The van der Waals surface area contributed by atoms with Crippen LogP contribution >= 0.6 is 0 Å². The van der Waals surface area contributed by atoms with Crippen molar-refractivity contribution in [3.05, 3.63) is 54.2 Å². The van der Waals surface area contributed by atoms with E-state index in [4.69, 9.17) is 9.15 Å². The predicted octanol–water partition coefficient (Wildman–Crippen LogP) is 3.10. The molecule has 0 fully saturated rings. The Balaban J connectivity index is 1.42. The van der Waals surface area contributed by atoms with Crippen LogP contribution in [0.4, 0.5) is 0 Å². The molecule has 0 aliphatic rings. The van der Waals surface area contributed by atoms with Crippen LogP contribution in [0.1, 0.15) is 24.9 Å². The van der Waals surface area contributed by atoms with E-state index < -0.39 is 0 Å². The first-order valence-electron chi connectivity index (χ1n) is 9.82. The second-order valence-corrected chi connectivity index (χ2v) is 6.47. The lowest BCUT2D eigenvalue weighted by Gasteiger charge is -2.13. The third-order valence-electron chi connectivity index (χ3n) is 4.36. The second kappa shape index (κ2) is 10.5. The van der Waals surface area contributed by atoms with Crippen molar-refractivity contribution in [1.29, 1.82) is 0 Å². The Labute approximate surface area is 165 Å². The zero-order chi connectivity index (χ0) is 19.6. The van der Waals surface area contributed by atoms with E-state index in [1.165, 1.54) is 0 Å². The number of aliphatic imine (C=N–C) groups is 1. The normalized spacial score (nSPS) is 11.9. The molecule has 7 heteroatoms. The number of nitrogens with one attached hydrogen (secondary N) is 2. The van der Waals surface area contributed by atoms with Crippen LogP contribution in [0.5, 0.6) is 0 Å². The summed E-state index contributed by atoms with van der Waals surface area (Å²) in [5.41, 5.74) is 2.20. The molecule has 1 aromatic carbocycles. The minimum atomic E-state index is 0.507. The molecule has 0 spiro atoms. The summed E-state index contributed by atoms with van der Waals surface area (Å²) in [5, 5.41) is 6.68. The summed E-state index contributed by atoms with van der Waals surface area (Å²) in [6.45, 7) is 8.43. The van der Waals surface area contributed by atoms with Gasteiger partial charge in [0.25, 0.3) is 0 Å². The van der Waals surface area contributed by atoms with Crippen LogP contribution < -0.4 is 10.6 Å². The van der Waals surface area contributed by atoms with Crippen molar-refractivity contribution in [3.63, 3.8) is 0 Å². The molecule has 28 heavy (non-hydrogen) atoms. The average Bonchev–Trinajstić information content (AvgIpc) is 3.32. The Kier molecular flexibility index (Phi) is 7.49. The summed E-state index contributed by atoms with van der Waals surface area (Å²) in [5.74, 6) is 2.70. The lowest BCUT2D eigenvalue weighted by atomic mass is 10.3. The Morgan fingerprint density at radius 3 is 2.93 bits per heavy atom. The molecule has 0 saturated heterocycles. The first-order valence-corrected chi connectivity index (χ1v) is 9.82. The van der Waals surface area contributed by atoms with Gasteiger partial charge in [-0.2, -0.15) is 0 Å². The van der Waals surface area contributed by atoms with Gasteiger partial charge < -0.3 is 24.4 Å². The molecule has 0 radical (unpaired) electrons. The highest BCUT2D eigenvalue weighted by Gasteiger charge is 2.06. The van der Waals surface area contributed by atoms with Gasteiger partial charge in [-0.05, 0) is 44.5 Å². The number of rotatable bonds is 10. The van der Waals surface area contributed by atoms with Gasteiger partial charge >= 0.3 is 0 Å². The summed E-state index contributed by atoms with van der Waals surface area (Å²) in [6, 6.07) is 12.0. The highest BCUT2D eigenvalue weighted by atomic mass is 16.5. The van der Waals surface area contributed by atoms with Crippen molar-refractivity contribution in [2.24, 2.45) is 4.99 Å². The van der Waals surface area contributed by atoms with Crippen molar-refractivity contribution >= 4 is 17.0 Å². The summed E-state index contributed by atoms with van der Waals surface area (Å²) >= 11 is 0. The van der Waals surface area contributed by atoms with Gasteiger partial charge in [0.2, 0.25) is 0 Å². The van der Waals surface area contributed by atoms with Crippen molar-refractivity contribution < 1.29 is 9.15 Å². The van der Waals surface area contributed by atoms with Gasteiger partial charge in [-0.1, -0.05) is 12.1 Å². The lowest BCUT2D eigenvalue weighted by Crippen LogP contribution is -2.39. The molecule has 150 valence electrons. The van der Waals surface area contributed by atoms with Crippen LogP contribution in [0.2, 0.25) is 0 Å². The molecular formula is C21H29N5O2. The van der Waals surface area contributed by atoms with Gasteiger partial charge in [0.15, 0.2) is 5.96 Å². The maximum Gasteiger partial charge on any atom is 0.191 e. The molecule has 0 aliphatic carbocycles. The molecule has 3 rings (SSSR count). The first-order chi connectivity index (χ1) is 13.8. The van der Waals surface area contributed by atoms with Gasteiger partial charge in [0.05, 0.1) is 17.3 Å². The average molecular weight is 383 g/mol. The minimum Gasteiger partial charge on any atom is -0.467 e. The highest BCUT2D eigenvalue weighted by molar-refractivity contribution is 5.79. The Morgan fingerprint density at radius 1 is 1.21 bits per heavy atom. The number of hydrogen-bond donors (Lipinski definition) is 2. The largest absolute Gasteiger partial charge is 0.467 e. The Morgan fingerprint density at radius 2 is 2.11 bits per heavy atom. The number of hydrogen-bond acceptors (Lipinski definition) is 4.